The van der Waals surface area contributed by atoms with Crippen molar-refractivity contribution in [2.75, 3.05) is 0 Å². The predicted octanol–water partition coefficient (Wildman–Crippen LogP) is 0.351. The molecule has 0 rings (SSSR count). The van der Waals surface area contributed by atoms with Gasteiger partial charge in [-0.3, -0.25) is 5.43 Å². The summed E-state index contributed by atoms with van der Waals surface area (Å²) in [6.45, 7) is 1.86. The Morgan fingerprint density at radius 2 is 2.43 bits per heavy atom. The molecule has 0 saturated carbocycles. The van der Waals surface area contributed by atoms with Crippen molar-refractivity contribution in [3.63, 3.8) is 0 Å². The van der Waals surface area contributed by atoms with Crippen molar-refractivity contribution in [3.05, 3.63) is 12.3 Å². The van der Waals surface area contributed by atoms with Gasteiger partial charge in [0.05, 0.1) is 0 Å². The maximum absolute atomic E-state index is 4.63. The molecule has 0 heterocycles. The number of nitrogens with two attached hydrogens (primary N) is 1. The largest absolute Gasteiger partial charge is 0.303 e. The molecule has 0 bridgehead atoms. The van der Waals surface area contributed by atoms with E-state index in [9.17, 15) is 0 Å². The third-order valence-electron chi connectivity index (χ3n) is 0.357. The molecule has 0 aromatic rings. The lowest BCUT2D eigenvalue weighted by molar-refractivity contribution is 0.822. The molecule has 0 unspecified atom stereocenters. The van der Waals surface area contributed by atoms with E-state index in [4.69, 9.17) is 0 Å². The fraction of sp³-hybridized carbons (Fsp3) is 0.333. The van der Waals surface area contributed by atoms with Crippen molar-refractivity contribution in [2.45, 2.75) is 6.92 Å². The minimum absolute atomic E-state index is 1.62. The Labute approximate surface area is 42.1 Å². The molecule has 40 valence electrons. The monoisotopic (exact) mass is 100 g/mol. The number of hydrogen-bond acceptors (Lipinski definition) is 2. The summed E-state index contributed by atoms with van der Waals surface area (Å²) >= 11 is 0. The molecule has 0 radical (unpaired) electrons. The van der Waals surface area contributed by atoms with Crippen LogP contribution in [0.2, 0.25) is 0 Å². The highest BCUT2D eigenvalue weighted by Gasteiger charge is 1.56. The zero-order valence-electron chi connectivity index (χ0n) is 4.13. The van der Waals surface area contributed by atoms with E-state index in [1.807, 2.05) is 6.92 Å². The Kier molecular flexibility index (Phi) is 4.19. The molecule has 0 fully saturated rings. The normalized spacial score (nSPS) is 11.0. The van der Waals surface area contributed by atoms with Crippen molar-refractivity contribution < 1.29 is 0 Å². The third-order valence-corrected chi connectivity index (χ3v) is 0.357. The lowest BCUT2D eigenvalue weighted by atomic mass is 10.7. The summed E-state index contributed by atoms with van der Waals surface area (Å²) in [6, 6.07) is 0. The second kappa shape index (κ2) is 4.94. The van der Waals surface area contributed by atoms with E-state index in [0.29, 0.717) is 0 Å². The highest BCUT2D eigenvalue weighted by atomic mass is 15.5. The second-order valence-electron chi connectivity index (χ2n) is 0.845. The van der Waals surface area contributed by atoms with Gasteiger partial charge in [-0.2, -0.15) is 0 Å². The van der Waals surface area contributed by atoms with Gasteiger partial charge >= 0.3 is 0 Å². The average Bonchev–Trinajstić information content (AvgIpc) is 1.69. The molecular formula is C3H8N4. The van der Waals surface area contributed by atoms with E-state index in [-0.39, 0.29) is 0 Å². The molecule has 0 aliphatic carbocycles. The van der Waals surface area contributed by atoms with Crippen molar-refractivity contribution in [1.29, 1.82) is 0 Å². The van der Waals surface area contributed by atoms with Crippen LogP contribution >= 0.6 is 0 Å². The van der Waals surface area contributed by atoms with Crippen LogP contribution in [-0.2, 0) is 0 Å². The summed E-state index contributed by atoms with van der Waals surface area (Å²) in [5.74, 6) is 4.63. The number of hydrogen-bond donors (Lipinski definition) is 2. The highest BCUT2D eigenvalue weighted by molar-refractivity contribution is 4.70. The molecule has 0 amide bonds. The van der Waals surface area contributed by atoms with Crippen molar-refractivity contribution in [3.8, 4) is 0 Å². The molecule has 0 aromatic heterocycles. The van der Waals surface area contributed by atoms with Gasteiger partial charge in [0.1, 0.15) is 0 Å². The van der Waals surface area contributed by atoms with Gasteiger partial charge in [0.25, 0.3) is 0 Å². The fourth-order valence-electron chi connectivity index (χ4n) is 0.141. The SMILES string of the molecule is CC=CN/N=N\N. The first kappa shape index (κ1) is 5.94. The van der Waals surface area contributed by atoms with E-state index < -0.39 is 0 Å². The van der Waals surface area contributed by atoms with Crippen LogP contribution in [0, 0.1) is 0 Å². The lowest BCUT2D eigenvalue weighted by Crippen LogP contribution is -1.91. The van der Waals surface area contributed by atoms with Gasteiger partial charge in [-0.05, 0) is 6.92 Å². The average molecular weight is 100 g/mol. The Morgan fingerprint density at radius 3 is 2.86 bits per heavy atom. The van der Waals surface area contributed by atoms with Crippen LogP contribution in [0.1, 0.15) is 6.92 Å². The number of allylic oxidation sites excluding steroid dienone is 1. The van der Waals surface area contributed by atoms with Crippen LogP contribution in [-0.4, -0.2) is 0 Å². The van der Waals surface area contributed by atoms with Gasteiger partial charge in [-0.15, -0.1) is 0 Å². The first-order valence-electron chi connectivity index (χ1n) is 1.88. The van der Waals surface area contributed by atoms with Gasteiger partial charge in [-0.25, -0.2) is 0 Å². The smallest absolute Gasteiger partial charge is 0.0175 e. The maximum atomic E-state index is 4.63. The molecule has 0 aliphatic heterocycles. The Morgan fingerprint density at radius 1 is 1.71 bits per heavy atom. The van der Waals surface area contributed by atoms with E-state index >= 15 is 0 Å². The molecule has 0 spiro atoms. The maximum Gasteiger partial charge on any atom is 0.0175 e. The number of rotatable bonds is 2. The molecule has 0 aromatic carbocycles. The molecular weight excluding hydrogens is 92.1 g/mol. The molecule has 3 N–H and O–H groups in total. The Balaban J connectivity index is 2.98. The van der Waals surface area contributed by atoms with E-state index in [1.165, 1.54) is 0 Å². The van der Waals surface area contributed by atoms with Crippen molar-refractivity contribution >= 4 is 0 Å². The third kappa shape index (κ3) is 4.94. The molecule has 0 aliphatic rings. The highest BCUT2D eigenvalue weighted by Crippen LogP contribution is 1.61. The van der Waals surface area contributed by atoms with Gasteiger partial charge < -0.3 is 5.84 Å². The number of nitrogens with one attached hydrogen (secondary N) is 1. The number of nitrogens with zero attached hydrogens (tertiary/aromatic N) is 2. The van der Waals surface area contributed by atoms with Crippen molar-refractivity contribution in [2.24, 2.45) is 16.3 Å². The van der Waals surface area contributed by atoms with Gasteiger partial charge in [0, 0.05) is 6.20 Å². The minimum Gasteiger partial charge on any atom is -0.303 e. The summed E-state index contributed by atoms with van der Waals surface area (Å²) in [5.41, 5.74) is 2.44. The topological polar surface area (TPSA) is 62.8 Å². The summed E-state index contributed by atoms with van der Waals surface area (Å²) < 4.78 is 0. The first-order valence-corrected chi connectivity index (χ1v) is 1.88. The summed E-state index contributed by atoms with van der Waals surface area (Å²) in [7, 11) is 0. The van der Waals surface area contributed by atoms with E-state index in [2.05, 4.69) is 21.7 Å². The summed E-state index contributed by atoms with van der Waals surface area (Å²) in [6.07, 6.45) is 3.41. The van der Waals surface area contributed by atoms with Gasteiger partial charge in [-0.1, -0.05) is 16.5 Å². The molecule has 4 nitrogen and oxygen atoms in total. The molecule has 7 heavy (non-hydrogen) atoms. The molecule has 0 atom stereocenters. The second-order valence-corrected chi connectivity index (χ2v) is 0.845. The fourth-order valence-corrected chi connectivity index (χ4v) is 0.141. The van der Waals surface area contributed by atoms with E-state index in [1.54, 1.807) is 12.3 Å². The van der Waals surface area contributed by atoms with Crippen LogP contribution in [0.3, 0.4) is 0 Å². The van der Waals surface area contributed by atoms with Crippen LogP contribution in [0.5, 0.6) is 0 Å². The molecule has 0 saturated heterocycles. The molecule has 4 heteroatoms. The minimum atomic E-state index is 1.62. The predicted molar refractivity (Wildman–Crippen MR) is 27.0 cm³/mol. The standard InChI is InChI=1S/C3H8N4/c1-2-3-5-7-6-4/h2-3H,1H3,(H2,4,7)(H,5,6). The van der Waals surface area contributed by atoms with Gasteiger partial charge in [0.2, 0.25) is 0 Å². The lowest BCUT2D eigenvalue weighted by Gasteiger charge is -1.79. The Hall–Kier alpha value is -1.06. The van der Waals surface area contributed by atoms with Gasteiger partial charge in [0.15, 0.2) is 0 Å². The quantitative estimate of drug-likeness (QED) is 0.299. The van der Waals surface area contributed by atoms with Crippen LogP contribution in [0.4, 0.5) is 0 Å². The van der Waals surface area contributed by atoms with Crippen LogP contribution in [0.25, 0.3) is 0 Å². The summed E-state index contributed by atoms with van der Waals surface area (Å²) in [4.78, 5) is 0. The zero-order valence-corrected chi connectivity index (χ0v) is 4.13. The van der Waals surface area contributed by atoms with Crippen LogP contribution in [0.15, 0.2) is 22.7 Å². The first-order chi connectivity index (χ1) is 3.41. The Bertz CT molecular complexity index is 65.0. The zero-order chi connectivity index (χ0) is 5.54. The van der Waals surface area contributed by atoms with Crippen molar-refractivity contribution in [1.82, 2.24) is 5.43 Å². The summed E-state index contributed by atoms with van der Waals surface area (Å²) in [5, 5.41) is 6.16. The van der Waals surface area contributed by atoms with Crippen LogP contribution < -0.4 is 11.3 Å². The van der Waals surface area contributed by atoms with E-state index in [0.717, 1.165) is 0 Å².